The number of dihydropyridines is 1. The molecule has 1 aliphatic heterocycles. The molecule has 0 saturated heterocycles. The van der Waals surface area contributed by atoms with E-state index >= 15 is 0 Å². The first-order valence-corrected chi connectivity index (χ1v) is 3.72. The van der Waals surface area contributed by atoms with E-state index in [0.29, 0.717) is 6.42 Å². The molecular formula is C7H9ClN2O. The minimum Gasteiger partial charge on any atom is -0.370 e. The molecular weight excluding hydrogens is 164 g/mol. The van der Waals surface area contributed by atoms with Gasteiger partial charge in [-0.1, -0.05) is 11.6 Å². The number of halogens is 1. The van der Waals surface area contributed by atoms with E-state index in [1.807, 2.05) is 0 Å². The maximum absolute atomic E-state index is 10.5. The number of rotatable bonds is 2. The lowest BCUT2D eigenvalue weighted by atomic mass is 10.1. The number of carbonyl (C=O) groups is 1. The Morgan fingerprint density at radius 3 is 3.18 bits per heavy atom. The fraction of sp³-hybridized carbons (Fsp3) is 0.429. The predicted octanol–water partition coefficient (Wildman–Crippen LogP) is 0.828. The highest BCUT2D eigenvalue weighted by atomic mass is 35.5. The molecule has 1 heterocycles. The van der Waals surface area contributed by atoms with Gasteiger partial charge in [-0.25, -0.2) is 0 Å². The number of hydrogen-bond donors (Lipinski definition) is 1. The van der Waals surface area contributed by atoms with Crippen molar-refractivity contribution in [2.45, 2.75) is 18.9 Å². The molecule has 2 N–H and O–H groups in total. The Labute approximate surface area is 69.9 Å². The molecule has 11 heavy (non-hydrogen) atoms. The topological polar surface area (TPSA) is 55.5 Å². The first-order valence-electron chi connectivity index (χ1n) is 3.34. The largest absolute Gasteiger partial charge is 0.370 e. The standard InChI is InChI=1S/C7H9ClN2O/c8-5-1-2-10-6(3-5)4-7(9)11/h2-3,6H,1,4H2,(H2,9,11). The lowest BCUT2D eigenvalue weighted by Gasteiger charge is -2.09. The second kappa shape index (κ2) is 3.53. The van der Waals surface area contributed by atoms with Crippen molar-refractivity contribution in [2.24, 2.45) is 10.7 Å². The molecule has 1 rings (SSSR count). The van der Waals surface area contributed by atoms with E-state index in [0.717, 1.165) is 5.03 Å². The summed E-state index contributed by atoms with van der Waals surface area (Å²) < 4.78 is 0. The third-order valence-electron chi connectivity index (χ3n) is 1.37. The number of allylic oxidation sites excluding steroid dienone is 1. The van der Waals surface area contributed by atoms with Crippen molar-refractivity contribution in [3.63, 3.8) is 0 Å². The smallest absolute Gasteiger partial charge is 0.219 e. The molecule has 0 spiro atoms. The van der Waals surface area contributed by atoms with Crippen molar-refractivity contribution in [3.8, 4) is 0 Å². The van der Waals surface area contributed by atoms with Crippen molar-refractivity contribution in [2.75, 3.05) is 0 Å². The molecule has 0 aliphatic carbocycles. The molecule has 1 atom stereocenters. The maximum Gasteiger partial charge on any atom is 0.219 e. The van der Waals surface area contributed by atoms with E-state index in [-0.39, 0.29) is 18.4 Å². The van der Waals surface area contributed by atoms with Crippen molar-refractivity contribution in [3.05, 3.63) is 11.1 Å². The van der Waals surface area contributed by atoms with Crippen LogP contribution in [0.1, 0.15) is 12.8 Å². The number of primary amides is 1. The van der Waals surface area contributed by atoms with Crippen molar-refractivity contribution >= 4 is 23.7 Å². The molecule has 0 fully saturated rings. The quantitative estimate of drug-likeness (QED) is 0.659. The normalized spacial score (nSPS) is 23.0. The minimum atomic E-state index is -0.352. The summed E-state index contributed by atoms with van der Waals surface area (Å²) in [5, 5.41) is 0.728. The van der Waals surface area contributed by atoms with Crippen molar-refractivity contribution < 1.29 is 4.79 Å². The Bertz CT molecular complexity index is 222. The molecule has 4 heteroatoms. The van der Waals surface area contributed by atoms with Crippen LogP contribution in [0.3, 0.4) is 0 Å². The Balaban J connectivity index is 2.52. The number of hydrogen-bond acceptors (Lipinski definition) is 2. The van der Waals surface area contributed by atoms with Crippen LogP contribution in [0.25, 0.3) is 0 Å². The van der Waals surface area contributed by atoms with Gasteiger partial charge < -0.3 is 5.73 Å². The minimum absolute atomic E-state index is 0.145. The molecule has 1 aliphatic rings. The third kappa shape index (κ3) is 2.72. The van der Waals surface area contributed by atoms with Crippen LogP contribution in [0.15, 0.2) is 16.1 Å². The molecule has 3 nitrogen and oxygen atoms in total. The van der Waals surface area contributed by atoms with Crippen LogP contribution in [0.4, 0.5) is 0 Å². The Morgan fingerprint density at radius 1 is 1.91 bits per heavy atom. The summed E-state index contributed by atoms with van der Waals surface area (Å²) in [5.41, 5.74) is 4.98. The van der Waals surface area contributed by atoms with Gasteiger partial charge in [-0.2, -0.15) is 0 Å². The van der Waals surface area contributed by atoms with Crippen LogP contribution >= 0.6 is 11.6 Å². The molecule has 1 amide bonds. The summed E-state index contributed by atoms with van der Waals surface area (Å²) in [4.78, 5) is 14.5. The summed E-state index contributed by atoms with van der Waals surface area (Å²) in [6, 6.07) is -0.145. The Morgan fingerprint density at radius 2 is 2.64 bits per heavy atom. The van der Waals surface area contributed by atoms with Crippen molar-refractivity contribution in [1.29, 1.82) is 0 Å². The number of carbonyl (C=O) groups excluding carboxylic acids is 1. The van der Waals surface area contributed by atoms with Gasteiger partial charge in [0.05, 0.1) is 12.5 Å². The van der Waals surface area contributed by atoms with E-state index in [9.17, 15) is 4.79 Å². The lowest BCUT2D eigenvalue weighted by Crippen LogP contribution is -2.18. The van der Waals surface area contributed by atoms with Crippen LogP contribution < -0.4 is 5.73 Å². The summed E-state index contributed by atoms with van der Waals surface area (Å²) >= 11 is 5.71. The summed E-state index contributed by atoms with van der Waals surface area (Å²) in [7, 11) is 0. The molecule has 0 saturated carbocycles. The van der Waals surface area contributed by atoms with Crippen LogP contribution in [-0.4, -0.2) is 18.2 Å². The predicted molar refractivity (Wildman–Crippen MR) is 44.6 cm³/mol. The summed E-state index contributed by atoms with van der Waals surface area (Å²) in [6.45, 7) is 0. The van der Waals surface area contributed by atoms with Gasteiger partial charge in [0, 0.05) is 17.7 Å². The van der Waals surface area contributed by atoms with Crippen LogP contribution in [0.2, 0.25) is 0 Å². The molecule has 0 aromatic rings. The lowest BCUT2D eigenvalue weighted by molar-refractivity contribution is -0.118. The van der Waals surface area contributed by atoms with Gasteiger partial charge in [0.1, 0.15) is 0 Å². The highest BCUT2D eigenvalue weighted by Crippen LogP contribution is 2.14. The molecule has 0 aromatic heterocycles. The molecule has 60 valence electrons. The fourth-order valence-electron chi connectivity index (χ4n) is 0.913. The SMILES string of the molecule is NC(=O)CC1C=C(Cl)CC=N1. The Hall–Kier alpha value is -0.830. The van der Waals surface area contributed by atoms with E-state index in [1.165, 1.54) is 0 Å². The average molecular weight is 173 g/mol. The van der Waals surface area contributed by atoms with Gasteiger partial charge in [0.2, 0.25) is 5.91 Å². The van der Waals surface area contributed by atoms with Crippen LogP contribution in [0.5, 0.6) is 0 Å². The van der Waals surface area contributed by atoms with Gasteiger partial charge in [-0.05, 0) is 6.08 Å². The van der Waals surface area contributed by atoms with Gasteiger partial charge in [-0.3, -0.25) is 9.79 Å². The zero-order valence-corrected chi connectivity index (χ0v) is 6.71. The van der Waals surface area contributed by atoms with Gasteiger partial charge in [0.25, 0.3) is 0 Å². The zero-order chi connectivity index (χ0) is 8.27. The van der Waals surface area contributed by atoms with Gasteiger partial charge in [0.15, 0.2) is 0 Å². The average Bonchev–Trinajstić information content (AvgIpc) is 1.85. The second-order valence-electron chi connectivity index (χ2n) is 2.39. The monoisotopic (exact) mass is 172 g/mol. The number of nitrogens with two attached hydrogens (primary N) is 1. The van der Waals surface area contributed by atoms with E-state index in [4.69, 9.17) is 17.3 Å². The van der Waals surface area contributed by atoms with Crippen molar-refractivity contribution in [1.82, 2.24) is 0 Å². The van der Waals surface area contributed by atoms with Gasteiger partial charge >= 0.3 is 0 Å². The maximum atomic E-state index is 10.5. The first kappa shape index (κ1) is 8.27. The first-order chi connectivity index (χ1) is 5.18. The Kier molecular flexibility index (Phi) is 2.65. The number of nitrogens with zero attached hydrogens (tertiary/aromatic N) is 1. The zero-order valence-electron chi connectivity index (χ0n) is 5.96. The highest BCUT2D eigenvalue weighted by Gasteiger charge is 2.10. The van der Waals surface area contributed by atoms with E-state index in [1.54, 1.807) is 12.3 Å². The van der Waals surface area contributed by atoms with E-state index in [2.05, 4.69) is 4.99 Å². The molecule has 0 aromatic carbocycles. The van der Waals surface area contributed by atoms with Gasteiger partial charge in [-0.15, -0.1) is 0 Å². The van der Waals surface area contributed by atoms with Crippen LogP contribution in [-0.2, 0) is 4.79 Å². The molecule has 1 unspecified atom stereocenters. The highest BCUT2D eigenvalue weighted by molar-refractivity contribution is 6.30. The molecule has 0 bridgehead atoms. The fourth-order valence-corrected chi connectivity index (χ4v) is 1.13. The third-order valence-corrected chi connectivity index (χ3v) is 1.65. The van der Waals surface area contributed by atoms with Crippen LogP contribution in [0, 0.1) is 0 Å². The second-order valence-corrected chi connectivity index (χ2v) is 2.87. The summed E-state index contributed by atoms with van der Waals surface area (Å²) in [6.07, 6.45) is 4.37. The number of amides is 1. The molecule has 0 radical (unpaired) electrons. The van der Waals surface area contributed by atoms with E-state index < -0.39 is 0 Å². The number of aliphatic imine (C=N–C) groups is 1. The summed E-state index contributed by atoms with van der Waals surface area (Å²) in [5.74, 6) is -0.352.